The van der Waals surface area contributed by atoms with E-state index in [2.05, 4.69) is 10.5 Å². The molecule has 1 aromatic heterocycles. The third-order valence-electron chi connectivity index (χ3n) is 3.78. The Hall–Kier alpha value is -2.88. The Morgan fingerprint density at radius 2 is 1.65 bits per heavy atom. The monoisotopic (exact) mass is 306 g/mol. The molecule has 0 fully saturated rings. The highest BCUT2D eigenvalue weighted by Gasteiger charge is 2.22. The van der Waals surface area contributed by atoms with E-state index in [-0.39, 0.29) is 11.9 Å². The quantitative estimate of drug-likeness (QED) is 0.788. The van der Waals surface area contributed by atoms with Gasteiger partial charge in [-0.05, 0) is 19.4 Å². The van der Waals surface area contributed by atoms with Crippen LogP contribution in [0.4, 0.5) is 0 Å². The minimum Gasteiger partial charge on any atom is -0.360 e. The summed E-state index contributed by atoms with van der Waals surface area (Å²) in [6.07, 6.45) is 0. The van der Waals surface area contributed by atoms with Gasteiger partial charge < -0.3 is 9.84 Å². The van der Waals surface area contributed by atoms with E-state index >= 15 is 0 Å². The average molecular weight is 306 g/mol. The lowest BCUT2D eigenvalue weighted by Crippen LogP contribution is -2.27. The number of hydrogen-bond donors (Lipinski definition) is 1. The molecule has 4 heteroatoms. The lowest BCUT2D eigenvalue weighted by atomic mass is 10.0. The van der Waals surface area contributed by atoms with Crippen molar-refractivity contribution in [2.24, 2.45) is 0 Å². The van der Waals surface area contributed by atoms with Gasteiger partial charge in [-0.25, -0.2) is 0 Å². The Bertz CT molecular complexity index is 795. The number of carbonyl (C=O) groups excluding carboxylic acids is 1. The van der Waals surface area contributed by atoms with E-state index in [1.807, 2.05) is 67.6 Å². The predicted molar refractivity (Wildman–Crippen MR) is 89.0 cm³/mol. The van der Waals surface area contributed by atoms with E-state index in [1.54, 1.807) is 6.92 Å². The molecule has 0 bridgehead atoms. The molecule has 3 rings (SSSR count). The highest BCUT2D eigenvalue weighted by molar-refractivity contribution is 6.00. The Balaban J connectivity index is 1.87. The maximum atomic E-state index is 12.7. The zero-order valence-corrected chi connectivity index (χ0v) is 13.1. The number of nitrogens with one attached hydrogen (secondary N) is 1. The molecule has 0 aliphatic rings. The molecule has 1 atom stereocenters. The minimum absolute atomic E-state index is 0.0957. The second-order valence-electron chi connectivity index (χ2n) is 5.43. The number of benzene rings is 2. The van der Waals surface area contributed by atoms with Gasteiger partial charge in [-0.1, -0.05) is 65.8 Å². The number of carbonyl (C=O) groups is 1. The molecule has 0 unspecified atom stereocenters. The van der Waals surface area contributed by atoms with Gasteiger partial charge in [0, 0.05) is 5.56 Å². The summed E-state index contributed by atoms with van der Waals surface area (Å²) >= 11 is 0. The fourth-order valence-electron chi connectivity index (χ4n) is 2.53. The maximum absolute atomic E-state index is 12.7. The second kappa shape index (κ2) is 6.48. The minimum atomic E-state index is -0.182. The molecule has 0 spiro atoms. The van der Waals surface area contributed by atoms with Crippen molar-refractivity contribution >= 4 is 5.91 Å². The van der Waals surface area contributed by atoms with Crippen molar-refractivity contribution in [3.05, 3.63) is 77.6 Å². The number of amides is 1. The molecule has 1 heterocycles. The Kier molecular flexibility index (Phi) is 4.24. The van der Waals surface area contributed by atoms with Crippen LogP contribution in [0.1, 0.15) is 34.6 Å². The van der Waals surface area contributed by atoms with Crippen LogP contribution in [0.25, 0.3) is 11.3 Å². The lowest BCUT2D eigenvalue weighted by Gasteiger charge is -2.14. The zero-order chi connectivity index (χ0) is 16.2. The van der Waals surface area contributed by atoms with Crippen molar-refractivity contribution in [1.82, 2.24) is 10.5 Å². The molecule has 3 aromatic rings. The molecule has 0 aliphatic carbocycles. The number of rotatable bonds is 4. The fraction of sp³-hybridized carbons (Fsp3) is 0.158. The fourth-order valence-corrected chi connectivity index (χ4v) is 2.53. The molecular formula is C19H18N2O2. The van der Waals surface area contributed by atoms with Crippen LogP contribution in [-0.2, 0) is 0 Å². The first kappa shape index (κ1) is 15.0. The highest BCUT2D eigenvalue weighted by Crippen LogP contribution is 2.25. The smallest absolute Gasteiger partial charge is 0.257 e. The molecular weight excluding hydrogens is 288 g/mol. The molecule has 0 saturated heterocycles. The Labute approximate surface area is 135 Å². The molecule has 1 amide bonds. The average Bonchev–Trinajstić information content (AvgIpc) is 2.98. The number of nitrogens with zero attached hydrogens (tertiary/aromatic N) is 1. The van der Waals surface area contributed by atoms with Crippen molar-refractivity contribution in [2.45, 2.75) is 19.9 Å². The van der Waals surface area contributed by atoms with Crippen LogP contribution in [0.5, 0.6) is 0 Å². The summed E-state index contributed by atoms with van der Waals surface area (Å²) in [7, 11) is 0. The third kappa shape index (κ3) is 3.16. The van der Waals surface area contributed by atoms with E-state index in [9.17, 15) is 4.79 Å². The van der Waals surface area contributed by atoms with Crippen LogP contribution >= 0.6 is 0 Å². The summed E-state index contributed by atoms with van der Waals surface area (Å²) in [5.41, 5.74) is 2.97. The largest absolute Gasteiger partial charge is 0.360 e. The van der Waals surface area contributed by atoms with Crippen molar-refractivity contribution in [2.75, 3.05) is 0 Å². The normalized spacial score (nSPS) is 11.9. The molecule has 4 nitrogen and oxygen atoms in total. The van der Waals surface area contributed by atoms with Gasteiger partial charge in [0.2, 0.25) is 0 Å². The van der Waals surface area contributed by atoms with E-state index in [0.29, 0.717) is 17.0 Å². The molecule has 23 heavy (non-hydrogen) atoms. The van der Waals surface area contributed by atoms with Crippen molar-refractivity contribution in [3.8, 4) is 11.3 Å². The SMILES string of the molecule is Cc1onc(-c2ccccc2)c1C(=O)N[C@H](C)c1ccccc1. The van der Waals surface area contributed by atoms with Gasteiger partial charge in [0.15, 0.2) is 0 Å². The number of aromatic nitrogens is 1. The van der Waals surface area contributed by atoms with Crippen LogP contribution in [-0.4, -0.2) is 11.1 Å². The molecule has 0 radical (unpaired) electrons. The molecule has 2 aromatic carbocycles. The summed E-state index contributed by atoms with van der Waals surface area (Å²) in [5.74, 6) is 0.334. The first-order valence-corrected chi connectivity index (χ1v) is 7.54. The molecule has 0 aliphatic heterocycles. The van der Waals surface area contributed by atoms with E-state index in [0.717, 1.165) is 11.1 Å². The lowest BCUT2D eigenvalue weighted by molar-refractivity contribution is 0.0939. The first-order chi connectivity index (χ1) is 11.2. The van der Waals surface area contributed by atoms with Crippen molar-refractivity contribution in [3.63, 3.8) is 0 Å². The summed E-state index contributed by atoms with van der Waals surface area (Å²) < 4.78 is 5.25. The van der Waals surface area contributed by atoms with Crippen LogP contribution in [0.2, 0.25) is 0 Å². The number of hydrogen-bond acceptors (Lipinski definition) is 3. The van der Waals surface area contributed by atoms with Gasteiger partial charge in [-0.3, -0.25) is 4.79 Å². The molecule has 0 saturated carbocycles. The van der Waals surface area contributed by atoms with Crippen molar-refractivity contribution in [1.29, 1.82) is 0 Å². The van der Waals surface area contributed by atoms with Gasteiger partial charge in [0.05, 0.1) is 6.04 Å². The summed E-state index contributed by atoms with van der Waals surface area (Å²) in [5, 5.41) is 7.06. The Morgan fingerprint density at radius 1 is 1.04 bits per heavy atom. The predicted octanol–water partition coefficient (Wildman–Crippen LogP) is 4.14. The Morgan fingerprint density at radius 3 is 2.30 bits per heavy atom. The van der Waals surface area contributed by atoms with Crippen LogP contribution in [0, 0.1) is 6.92 Å². The summed E-state index contributed by atoms with van der Waals surface area (Å²) in [6.45, 7) is 3.71. The van der Waals surface area contributed by atoms with Crippen molar-refractivity contribution < 1.29 is 9.32 Å². The molecule has 1 N–H and O–H groups in total. The maximum Gasteiger partial charge on any atom is 0.257 e. The standard InChI is InChI=1S/C19H18N2O2/c1-13(15-9-5-3-6-10-15)20-19(22)17-14(2)23-21-18(17)16-11-7-4-8-12-16/h3-13H,1-2H3,(H,20,22)/t13-/m1/s1. The van der Waals surface area contributed by atoms with Gasteiger partial charge in [-0.15, -0.1) is 0 Å². The second-order valence-corrected chi connectivity index (χ2v) is 5.43. The van der Waals surface area contributed by atoms with Gasteiger partial charge in [0.25, 0.3) is 5.91 Å². The third-order valence-corrected chi connectivity index (χ3v) is 3.78. The van der Waals surface area contributed by atoms with Gasteiger partial charge in [-0.2, -0.15) is 0 Å². The summed E-state index contributed by atoms with van der Waals surface area (Å²) in [6, 6.07) is 19.3. The summed E-state index contributed by atoms with van der Waals surface area (Å²) in [4.78, 5) is 12.7. The first-order valence-electron chi connectivity index (χ1n) is 7.54. The topological polar surface area (TPSA) is 55.1 Å². The van der Waals surface area contributed by atoms with Gasteiger partial charge >= 0.3 is 0 Å². The van der Waals surface area contributed by atoms with E-state index in [4.69, 9.17) is 4.52 Å². The van der Waals surface area contributed by atoms with Crippen LogP contribution in [0.15, 0.2) is 65.2 Å². The van der Waals surface area contributed by atoms with E-state index < -0.39 is 0 Å². The number of aryl methyl sites for hydroxylation is 1. The van der Waals surface area contributed by atoms with Gasteiger partial charge in [0.1, 0.15) is 17.0 Å². The zero-order valence-electron chi connectivity index (χ0n) is 13.1. The molecule has 116 valence electrons. The van der Waals surface area contributed by atoms with Crippen LogP contribution in [0.3, 0.4) is 0 Å². The van der Waals surface area contributed by atoms with Crippen LogP contribution < -0.4 is 5.32 Å². The highest BCUT2D eigenvalue weighted by atomic mass is 16.5. The van der Waals surface area contributed by atoms with E-state index in [1.165, 1.54) is 0 Å².